The third-order valence-corrected chi connectivity index (χ3v) is 2.82. The number of nitrogens with zero attached hydrogens (tertiary/aromatic N) is 3. The van der Waals surface area contributed by atoms with Crippen molar-refractivity contribution in [2.45, 2.75) is 39.3 Å². The maximum atomic E-state index is 12.7. The molecule has 0 aliphatic rings. The maximum absolute atomic E-state index is 12.7. The first-order valence-electron chi connectivity index (χ1n) is 6.76. The molecule has 0 spiro atoms. The molecule has 0 amide bonds. The first kappa shape index (κ1) is 16.5. The van der Waals surface area contributed by atoms with Gasteiger partial charge in [-0.15, -0.1) is 0 Å². The average Bonchev–Trinajstić information content (AvgIpc) is 2.37. The quantitative estimate of drug-likeness (QED) is 0.837. The van der Waals surface area contributed by atoms with Crippen molar-refractivity contribution >= 4 is 11.6 Å². The van der Waals surface area contributed by atoms with Crippen LogP contribution in [0.2, 0.25) is 0 Å². The lowest BCUT2D eigenvalue weighted by Gasteiger charge is -2.27. The molecule has 0 saturated carbocycles. The van der Waals surface area contributed by atoms with E-state index in [1.54, 1.807) is 7.05 Å². The van der Waals surface area contributed by atoms with Gasteiger partial charge in [-0.2, -0.15) is 13.2 Å². The van der Waals surface area contributed by atoms with Crippen LogP contribution in [-0.4, -0.2) is 36.3 Å². The summed E-state index contributed by atoms with van der Waals surface area (Å²) in [5.41, 5.74) is 0.746. The standard InChI is InChI=1S/C13H21F3N4/c1-4-6-10-11(17-3)18-9-19-12(10)20(7-5-2)8-13(14,15)16/h9H,4-8H2,1-3H3,(H,17,18,19). The van der Waals surface area contributed by atoms with Gasteiger partial charge in [-0.05, 0) is 12.8 Å². The van der Waals surface area contributed by atoms with Crippen molar-refractivity contribution in [2.24, 2.45) is 0 Å². The van der Waals surface area contributed by atoms with Crippen LogP contribution >= 0.6 is 0 Å². The van der Waals surface area contributed by atoms with E-state index in [0.29, 0.717) is 31.0 Å². The van der Waals surface area contributed by atoms with Crippen LogP contribution in [-0.2, 0) is 6.42 Å². The van der Waals surface area contributed by atoms with Crippen LogP contribution in [0.25, 0.3) is 0 Å². The number of aromatic nitrogens is 2. The van der Waals surface area contributed by atoms with E-state index in [-0.39, 0.29) is 0 Å². The lowest BCUT2D eigenvalue weighted by atomic mass is 10.1. The summed E-state index contributed by atoms with van der Waals surface area (Å²) in [6.07, 6.45) is -0.852. The molecule has 1 aromatic rings. The molecule has 0 aliphatic heterocycles. The van der Waals surface area contributed by atoms with Crippen molar-refractivity contribution in [1.29, 1.82) is 0 Å². The predicted molar refractivity (Wildman–Crippen MR) is 74.1 cm³/mol. The van der Waals surface area contributed by atoms with Gasteiger partial charge in [-0.25, -0.2) is 9.97 Å². The van der Waals surface area contributed by atoms with Crippen molar-refractivity contribution in [3.63, 3.8) is 0 Å². The first-order valence-corrected chi connectivity index (χ1v) is 6.76. The van der Waals surface area contributed by atoms with Gasteiger partial charge in [0.1, 0.15) is 24.5 Å². The fourth-order valence-electron chi connectivity index (χ4n) is 2.12. The van der Waals surface area contributed by atoms with E-state index in [0.717, 1.165) is 12.0 Å². The molecule has 7 heteroatoms. The molecule has 0 bridgehead atoms. The number of nitrogens with one attached hydrogen (secondary N) is 1. The summed E-state index contributed by atoms with van der Waals surface area (Å²) in [5, 5.41) is 2.92. The van der Waals surface area contributed by atoms with E-state index in [9.17, 15) is 13.2 Å². The zero-order valence-corrected chi connectivity index (χ0v) is 12.1. The third-order valence-electron chi connectivity index (χ3n) is 2.82. The van der Waals surface area contributed by atoms with E-state index in [2.05, 4.69) is 15.3 Å². The Bertz CT molecular complexity index is 421. The Morgan fingerprint density at radius 3 is 2.40 bits per heavy atom. The zero-order chi connectivity index (χ0) is 15.2. The summed E-state index contributed by atoms with van der Waals surface area (Å²) in [6, 6.07) is 0. The largest absolute Gasteiger partial charge is 0.405 e. The van der Waals surface area contributed by atoms with Gasteiger partial charge in [-0.3, -0.25) is 0 Å². The van der Waals surface area contributed by atoms with Gasteiger partial charge in [0.05, 0.1) is 0 Å². The van der Waals surface area contributed by atoms with E-state index in [1.807, 2.05) is 13.8 Å². The summed E-state index contributed by atoms with van der Waals surface area (Å²) < 4.78 is 38.1. The van der Waals surface area contributed by atoms with Crippen LogP contribution < -0.4 is 10.2 Å². The predicted octanol–water partition coefficient (Wildman–Crippen LogP) is 3.25. The van der Waals surface area contributed by atoms with Gasteiger partial charge in [0, 0.05) is 19.2 Å². The van der Waals surface area contributed by atoms with Gasteiger partial charge < -0.3 is 10.2 Å². The van der Waals surface area contributed by atoms with Gasteiger partial charge in [-0.1, -0.05) is 20.3 Å². The molecule has 4 nitrogen and oxygen atoms in total. The van der Waals surface area contributed by atoms with Crippen LogP contribution in [0.1, 0.15) is 32.3 Å². The van der Waals surface area contributed by atoms with Gasteiger partial charge >= 0.3 is 6.18 Å². The molecule has 0 aromatic carbocycles. The molecule has 0 atom stereocenters. The monoisotopic (exact) mass is 290 g/mol. The molecule has 0 unspecified atom stereocenters. The SMILES string of the molecule is CCCc1c(NC)ncnc1N(CCC)CC(F)(F)F. The van der Waals surface area contributed by atoms with Crippen molar-refractivity contribution in [2.75, 3.05) is 30.4 Å². The van der Waals surface area contributed by atoms with E-state index < -0.39 is 12.7 Å². The van der Waals surface area contributed by atoms with E-state index >= 15 is 0 Å². The minimum atomic E-state index is -4.25. The summed E-state index contributed by atoms with van der Waals surface area (Å²) >= 11 is 0. The number of hydrogen-bond acceptors (Lipinski definition) is 4. The van der Waals surface area contributed by atoms with Crippen molar-refractivity contribution in [1.82, 2.24) is 9.97 Å². The molecule has 0 fully saturated rings. The minimum absolute atomic E-state index is 0.316. The Labute approximate surface area is 117 Å². The molecule has 1 rings (SSSR count). The second-order valence-electron chi connectivity index (χ2n) is 4.56. The highest BCUT2D eigenvalue weighted by molar-refractivity contribution is 5.58. The number of halogens is 3. The summed E-state index contributed by atoms with van der Waals surface area (Å²) in [5.74, 6) is 0.977. The third kappa shape index (κ3) is 4.54. The Morgan fingerprint density at radius 2 is 1.90 bits per heavy atom. The lowest BCUT2D eigenvalue weighted by Crippen LogP contribution is -2.36. The molecule has 0 radical (unpaired) electrons. The summed E-state index contributed by atoms with van der Waals surface area (Å²) in [7, 11) is 1.71. The number of hydrogen-bond donors (Lipinski definition) is 1. The molecule has 0 saturated heterocycles. The molecule has 1 N–H and O–H groups in total. The Morgan fingerprint density at radius 1 is 1.20 bits per heavy atom. The second-order valence-corrected chi connectivity index (χ2v) is 4.56. The highest BCUT2D eigenvalue weighted by Crippen LogP contribution is 2.27. The van der Waals surface area contributed by atoms with E-state index in [4.69, 9.17) is 0 Å². The molecule has 0 aliphatic carbocycles. The van der Waals surface area contributed by atoms with Crippen LogP contribution in [0.3, 0.4) is 0 Å². The topological polar surface area (TPSA) is 41.1 Å². The Kier molecular flexibility index (Phi) is 6.04. The Balaban J connectivity index is 3.17. The summed E-state index contributed by atoms with van der Waals surface area (Å²) in [6.45, 7) is 3.15. The minimum Gasteiger partial charge on any atom is -0.373 e. The molecule has 20 heavy (non-hydrogen) atoms. The van der Waals surface area contributed by atoms with Crippen molar-refractivity contribution in [3.05, 3.63) is 11.9 Å². The number of rotatable bonds is 7. The van der Waals surface area contributed by atoms with Crippen LogP contribution in [0, 0.1) is 0 Å². The molecule has 114 valence electrons. The number of anilines is 2. The van der Waals surface area contributed by atoms with Crippen molar-refractivity contribution < 1.29 is 13.2 Å². The Hall–Kier alpha value is -1.53. The first-order chi connectivity index (χ1) is 9.42. The fourth-order valence-corrected chi connectivity index (χ4v) is 2.12. The summed E-state index contributed by atoms with van der Waals surface area (Å²) in [4.78, 5) is 9.45. The number of alkyl halides is 3. The van der Waals surface area contributed by atoms with E-state index in [1.165, 1.54) is 11.2 Å². The van der Waals surface area contributed by atoms with Gasteiger partial charge in [0.15, 0.2) is 0 Å². The normalized spacial score (nSPS) is 11.5. The second kappa shape index (κ2) is 7.31. The van der Waals surface area contributed by atoms with Gasteiger partial charge in [0.25, 0.3) is 0 Å². The van der Waals surface area contributed by atoms with Crippen LogP contribution in [0.4, 0.5) is 24.8 Å². The van der Waals surface area contributed by atoms with Crippen molar-refractivity contribution in [3.8, 4) is 0 Å². The smallest absolute Gasteiger partial charge is 0.373 e. The highest BCUT2D eigenvalue weighted by atomic mass is 19.4. The van der Waals surface area contributed by atoms with Crippen LogP contribution in [0.15, 0.2) is 6.33 Å². The lowest BCUT2D eigenvalue weighted by molar-refractivity contribution is -0.119. The average molecular weight is 290 g/mol. The molecule has 1 heterocycles. The highest BCUT2D eigenvalue weighted by Gasteiger charge is 2.32. The molecule has 1 aromatic heterocycles. The molecular weight excluding hydrogens is 269 g/mol. The van der Waals surface area contributed by atoms with Gasteiger partial charge in [0.2, 0.25) is 0 Å². The zero-order valence-electron chi connectivity index (χ0n) is 12.1. The molecular formula is C13H21F3N4. The maximum Gasteiger partial charge on any atom is 0.405 e. The van der Waals surface area contributed by atoms with Crippen LogP contribution in [0.5, 0.6) is 0 Å². The fraction of sp³-hybridized carbons (Fsp3) is 0.692.